The molecule has 0 aliphatic heterocycles. The lowest BCUT2D eigenvalue weighted by molar-refractivity contribution is -0.116. The van der Waals surface area contributed by atoms with Crippen molar-refractivity contribution in [3.8, 4) is 0 Å². The van der Waals surface area contributed by atoms with Crippen LogP contribution in [0.4, 0.5) is 10.7 Å². The highest BCUT2D eigenvalue weighted by molar-refractivity contribution is 8.00. The average Bonchev–Trinajstić information content (AvgIpc) is 3.72. The Morgan fingerprint density at radius 3 is 2.37 bits per heavy atom. The molecule has 0 saturated carbocycles. The number of thioether (sulfide) groups is 1. The molecule has 11 heteroatoms. The van der Waals surface area contributed by atoms with Gasteiger partial charge in [0.15, 0.2) is 0 Å². The second kappa shape index (κ2) is 17.3. The Bertz CT molecular complexity index is 2020. The largest absolute Gasteiger partial charge is 0.462 e. The maximum absolute atomic E-state index is 14.2. The number of fused-ring (bicyclic) bond motifs is 1. The molecule has 2 heterocycles. The predicted octanol–water partition coefficient (Wildman–Crippen LogP) is 9.14. The van der Waals surface area contributed by atoms with Crippen molar-refractivity contribution in [1.29, 1.82) is 0 Å². The first-order valence-electron chi connectivity index (χ1n) is 16.8. The van der Waals surface area contributed by atoms with Crippen molar-refractivity contribution in [3.63, 3.8) is 0 Å². The van der Waals surface area contributed by atoms with Gasteiger partial charge in [-0.05, 0) is 91.6 Å². The van der Waals surface area contributed by atoms with E-state index in [0.29, 0.717) is 21.8 Å². The first-order chi connectivity index (χ1) is 24.9. The summed E-state index contributed by atoms with van der Waals surface area (Å²) < 4.78 is 5.44. The number of rotatable bonds is 12. The zero-order valence-corrected chi connectivity index (χ0v) is 30.4. The first-order valence-corrected chi connectivity index (χ1v) is 19.3. The molecule has 3 amide bonds. The van der Waals surface area contributed by atoms with E-state index in [1.54, 1.807) is 55.5 Å². The minimum atomic E-state index is -0.673. The lowest BCUT2D eigenvalue weighted by Crippen LogP contribution is -2.30. The zero-order chi connectivity index (χ0) is 35.6. The number of thiophene rings is 2. The number of anilines is 2. The summed E-state index contributed by atoms with van der Waals surface area (Å²) in [5, 5.41) is 10.5. The highest BCUT2D eigenvalue weighted by Gasteiger charge is 2.29. The molecule has 0 fully saturated rings. The summed E-state index contributed by atoms with van der Waals surface area (Å²) in [6.45, 7) is 2.03. The lowest BCUT2D eigenvalue weighted by atomic mass is 10.1. The van der Waals surface area contributed by atoms with Gasteiger partial charge in [-0.3, -0.25) is 14.4 Å². The van der Waals surface area contributed by atoms with Gasteiger partial charge in [-0.25, -0.2) is 4.79 Å². The molecule has 0 spiro atoms. The summed E-state index contributed by atoms with van der Waals surface area (Å²) in [5.74, 6) is -1.57. The minimum absolute atomic E-state index is 0.0950. The van der Waals surface area contributed by atoms with Gasteiger partial charge in [0, 0.05) is 25.9 Å². The van der Waals surface area contributed by atoms with E-state index >= 15 is 0 Å². The molecule has 1 atom stereocenters. The van der Waals surface area contributed by atoms with Gasteiger partial charge in [-0.1, -0.05) is 67.1 Å². The fourth-order valence-corrected chi connectivity index (χ4v) is 8.79. The number of ether oxygens (including phenoxy) is 1. The van der Waals surface area contributed by atoms with Crippen LogP contribution in [-0.2, 0) is 27.2 Å². The zero-order valence-electron chi connectivity index (χ0n) is 28.0. The Kier molecular flexibility index (Phi) is 12.2. The van der Waals surface area contributed by atoms with Gasteiger partial charge < -0.3 is 20.7 Å². The van der Waals surface area contributed by atoms with Crippen LogP contribution in [0.5, 0.6) is 0 Å². The Morgan fingerprint density at radius 2 is 1.63 bits per heavy atom. The van der Waals surface area contributed by atoms with Crippen molar-refractivity contribution in [2.24, 2.45) is 0 Å². The molecule has 5 aromatic rings. The third kappa shape index (κ3) is 9.23. The molecule has 3 N–H and O–H groups in total. The fourth-order valence-electron chi connectivity index (χ4n) is 5.77. The molecule has 260 valence electrons. The number of aryl methyl sites for hydroxylation is 1. The number of amides is 3. The van der Waals surface area contributed by atoms with Crippen LogP contribution in [0.1, 0.15) is 73.0 Å². The molecule has 1 aliphatic rings. The molecule has 6 rings (SSSR count). The van der Waals surface area contributed by atoms with E-state index in [0.717, 1.165) is 57.9 Å². The quantitative estimate of drug-likeness (QED) is 0.0510. The summed E-state index contributed by atoms with van der Waals surface area (Å²) in [6, 6.07) is 29.1. The van der Waals surface area contributed by atoms with Crippen LogP contribution in [0.3, 0.4) is 0 Å². The van der Waals surface area contributed by atoms with E-state index in [9.17, 15) is 19.2 Å². The van der Waals surface area contributed by atoms with E-state index in [2.05, 4.69) is 16.0 Å². The van der Waals surface area contributed by atoms with Gasteiger partial charge in [0.05, 0.1) is 12.2 Å². The van der Waals surface area contributed by atoms with Crippen molar-refractivity contribution in [1.82, 2.24) is 5.32 Å². The smallest absolute Gasteiger partial charge is 0.341 e. The fraction of sp³-hybridized carbons (Fsp3) is 0.200. The SMILES string of the molecule is CCOC(=O)c1c(NC(=O)C(Sc2cccc(NC(=O)/C(=C/c3cccs3)NC(=O)c3ccccc3)c2)c2ccccc2)sc2c1CCCCC2. The van der Waals surface area contributed by atoms with Gasteiger partial charge in [0.2, 0.25) is 5.91 Å². The topological polar surface area (TPSA) is 114 Å². The van der Waals surface area contributed by atoms with Gasteiger partial charge in [0.25, 0.3) is 11.8 Å². The molecule has 0 radical (unpaired) electrons. The number of hydrogen-bond donors (Lipinski definition) is 3. The number of carbonyl (C=O) groups is 4. The summed E-state index contributed by atoms with van der Waals surface area (Å²) in [4.78, 5) is 56.6. The van der Waals surface area contributed by atoms with Gasteiger partial charge in [0.1, 0.15) is 15.9 Å². The lowest BCUT2D eigenvalue weighted by Gasteiger charge is -2.18. The number of benzene rings is 3. The summed E-state index contributed by atoms with van der Waals surface area (Å²) >= 11 is 4.25. The van der Waals surface area contributed by atoms with Crippen molar-refractivity contribution in [3.05, 3.63) is 140 Å². The average molecular weight is 736 g/mol. The van der Waals surface area contributed by atoms with Crippen LogP contribution >= 0.6 is 34.4 Å². The number of hydrogen-bond acceptors (Lipinski definition) is 8. The van der Waals surface area contributed by atoms with Crippen molar-refractivity contribution in [2.75, 3.05) is 17.2 Å². The molecular formula is C40H37N3O5S3. The monoisotopic (exact) mass is 735 g/mol. The molecule has 8 nitrogen and oxygen atoms in total. The first kappa shape index (κ1) is 35.8. The van der Waals surface area contributed by atoms with Crippen molar-refractivity contribution < 1.29 is 23.9 Å². The maximum atomic E-state index is 14.2. The Balaban J connectivity index is 1.24. The third-order valence-corrected chi connectivity index (χ3v) is 11.5. The number of carbonyl (C=O) groups excluding carboxylic acids is 4. The molecule has 0 saturated heterocycles. The predicted molar refractivity (Wildman–Crippen MR) is 206 cm³/mol. The molecular weight excluding hydrogens is 699 g/mol. The highest BCUT2D eigenvalue weighted by Crippen LogP contribution is 2.41. The normalized spacial score (nSPS) is 13.3. The molecule has 51 heavy (non-hydrogen) atoms. The Morgan fingerprint density at radius 1 is 0.863 bits per heavy atom. The van der Waals surface area contributed by atoms with E-state index in [1.165, 1.54) is 34.4 Å². The van der Waals surface area contributed by atoms with E-state index in [4.69, 9.17) is 4.74 Å². The summed E-state index contributed by atoms with van der Waals surface area (Å²) in [5.41, 5.74) is 3.27. The van der Waals surface area contributed by atoms with Crippen LogP contribution in [0, 0.1) is 0 Å². The Hall–Kier alpha value is -4.97. The summed E-state index contributed by atoms with van der Waals surface area (Å²) in [7, 11) is 0. The Labute approximate surface area is 309 Å². The van der Waals surface area contributed by atoms with Crippen LogP contribution < -0.4 is 16.0 Å². The maximum Gasteiger partial charge on any atom is 0.341 e. The molecule has 1 unspecified atom stereocenters. The second-order valence-electron chi connectivity index (χ2n) is 11.8. The van der Waals surface area contributed by atoms with Gasteiger partial charge in [-0.2, -0.15) is 0 Å². The minimum Gasteiger partial charge on any atom is -0.462 e. The number of nitrogens with one attached hydrogen (secondary N) is 3. The summed E-state index contributed by atoms with van der Waals surface area (Å²) in [6.07, 6.45) is 6.44. The third-order valence-electron chi connectivity index (χ3n) is 8.18. The standard InChI is InChI=1S/C40H37N3O5S3/c1-2-48-40(47)34-31-21-10-5-11-22-33(31)51-39(34)43-38(46)35(26-14-6-3-7-15-26)50-30-19-12-18-28(24-30)41-37(45)32(25-29-20-13-23-49-29)42-36(44)27-16-8-4-9-17-27/h3-4,6-9,12-20,23-25,35H,2,5,10-11,21-22H2,1H3,(H,41,45)(H,42,44)(H,43,46)/b32-25-. The molecule has 0 bridgehead atoms. The second-order valence-corrected chi connectivity index (χ2v) is 15.0. The van der Waals surface area contributed by atoms with Gasteiger partial charge in [-0.15, -0.1) is 34.4 Å². The van der Waals surface area contributed by atoms with E-state index in [-0.39, 0.29) is 18.2 Å². The van der Waals surface area contributed by atoms with Crippen LogP contribution in [0.2, 0.25) is 0 Å². The van der Waals surface area contributed by atoms with E-state index in [1.807, 2.05) is 60.0 Å². The molecule has 3 aromatic carbocycles. The molecule has 2 aromatic heterocycles. The highest BCUT2D eigenvalue weighted by atomic mass is 32.2. The van der Waals surface area contributed by atoms with E-state index < -0.39 is 23.0 Å². The van der Waals surface area contributed by atoms with Crippen molar-refractivity contribution >= 4 is 74.9 Å². The molecule has 1 aliphatic carbocycles. The van der Waals surface area contributed by atoms with Crippen LogP contribution in [0.25, 0.3) is 6.08 Å². The van der Waals surface area contributed by atoms with Crippen molar-refractivity contribution in [2.45, 2.75) is 49.2 Å². The van der Waals surface area contributed by atoms with Crippen LogP contribution in [0.15, 0.2) is 113 Å². The van der Waals surface area contributed by atoms with Gasteiger partial charge >= 0.3 is 5.97 Å². The van der Waals surface area contributed by atoms with Crippen LogP contribution in [-0.4, -0.2) is 30.3 Å². The number of esters is 1.